The van der Waals surface area contributed by atoms with E-state index in [2.05, 4.69) is 26.7 Å². The van der Waals surface area contributed by atoms with Crippen molar-refractivity contribution >= 4 is 55.8 Å². The maximum Gasteiger partial charge on any atom is 0.277 e. The van der Waals surface area contributed by atoms with Crippen molar-refractivity contribution in [1.82, 2.24) is 5.48 Å². The minimum absolute atomic E-state index is 0.125. The van der Waals surface area contributed by atoms with E-state index in [0.29, 0.717) is 16.4 Å². The Morgan fingerprint density at radius 3 is 2.57 bits per heavy atom. The summed E-state index contributed by atoms with van der Waals surface area (Å²) in [5.41, 5.74) is 0.146. The fourth-order valence-corrected chi connectivity index (χ4v) is 3.50. The predicted octanol–water partition coefficient (Wildman–Crippen LogP) is 4.79. The van der Waals surface area contributed by atoms with E-state index in [-0.39, 0.29) is 22.3 Å². The second-order valence-electron chi connectivity index (χ2n) is 6.46. The summed E-state index contributed by atoms with van der Waals surface area (Å²) in [4.78, 5) is 17.5. The molecule has 5 nitrogen and oxygen atoms in total. The van der Waals surface area contributed by atoms with E-state index in [4.69, 9.17) is 4.84 Å². The van der Waals surface area contributed by atoms with E-state index < -0.39 is 34.6 Å². The largest absolute Gasteiger partial charge is 0.387 e. The molecule has 0 saturated heterocycles. The van der Waals surface area contributed by atoms with E-state index in [1.165, 1.54) is 12.1 Å². The van der Waals surface area contributed by atoms with Crippen LogP contribution in [0.1, 0.15) is 29.6 Å². The number of rotatable bonds is 6. The molecule has 2 aromatic rings. The number of halogens is 5. The number of aliphatic hydroxyl groups is 1. The van der Waals surface area contributed by atoms with E-state index in [0.717, 1.165) is 12.5 Å². The lowest BCUT2D eigenvalue weighted by molar-refractivity contribution is -0.113. The fourth-order valence-electron chi connectivity index (χ4n) is 2.64. The number of carbonyl (C=O) groups is 1. The summed E-state index contributed by atoms with van der Waals surface area (Å²) in [7, 11) is 0. The van der Waals surface area contributed by atoms with Gasteiger partial charge in [-0.15, -0.1) is 0 Å². The number of hydrogen-bond acceptors (Lipinski definition) is 4. The quantitative estimate of drug-likeness (QED) is 0.265. The van der Waals surface area contributed by atoms with Crippen LogP contribution < -0.4 is 10.8 Å². The molecule has 1 saturated carbocycles. The summed E-state index contributed by atoms with van der Waals surface area (Å²) in [6, 6.07) is 5.18. The molecule has 0 atom stereocenters. The molecule has 0 aliphatic heterocycles. The van der Waals surface area contributed by atoms with Gasteiger partial charge in [0.1, 0.15) is 12.4 Å². The van der Waals surface area contributed by atoms with Crippen molar-refractivity contribution in [3.05, 3.63) is 55.3 Å². The number of hydrogen-bond donors (Lipinski definition) is 3. The number of carbonyl (C=O) groups excluding carboxylic acids is 1. The van der Waals surface area contributed by atoms with Gasteiger partial charge in [-0.2, -0.15) is 0 Å². The highest BCUT2D eigenvalue weighted by atomic mass is 127. The highest BCUT2D eigenvalue weighted by molar-refractivity contribution is 14.1. The zero-order chi connectivity index (χ0) is 20.5. The van der Waals surface area contributed by atoms with Gasteiger partial charge in [0.25, 0.3) is 5.91 Å². The van der Waals surface area contributed by atoms with Crippen LogP contribution in [-0.2, 0) is 4.84 Å². The second kappa shape index (κ2) is 8.56. The van der Waals surface area contributed by atoms with E-state index in [1.54, 1.807) is 6.07 Å². The molecule has 2 aromatic carbocycles. The van der Waals surface area contributed by atoms with Crippen LogP contribution in [0.15, 0.2) is 28.7 Å². The molecule has 0 radical (unpaired) electrons. The summed E-state index contributed by atoms with van der Waals surface area (Å²) in [5, 5.41) is 12.4. The molecule has 150 valence electrons. The van der Waals surface area contributed by atoms with Gasteiger partial charge in [-0.3, -0.25) is 9.63 Å². The maximum absolute atomic E-state index is 14.5. The van der Waals surface area contributed by atoms with Gasteiger partial charge in [-0.05, 0) is 82.0 Å². The monoisotopic (exact) mass is 570 g/mol. The van der Waals surface area contributed by atoms with Crippen LogP contribution in [0.5, 0.6) is 0 Å². The standard InChI is InChI=1S/C18H15BrF3IN2O3/c19-11-7-10(17(26)25-28-8-18(27)4-1-5-18)16(15(22)14(11)21)24-13-3-2-9(23)6-12(13)20/h2-3,6-7,24,27H,1,4-5,8H2,(H,25,26). The Kier molecular flexibility index (Phi) is 6.52. The first kappa shape index (κ1) is 21.3. The van der Waals surface area contributed by atoms with Gasteiger partial charge < -0.3 is 10.4 Å². The van der Waals surface area contributed by atoms with Crippen LogP contribution >= 0.6 is 38.5 Å². The highest BCUT2D eigenvalue weighted by Crippen LogP contribution is 2.33. The van der Waals surface area contributed by atoms with Crippen LogP contribution in [0.3, 0.4) is 0 Å². The average Bonchev–Trinajstić information content (AvgIpc) is 2.62. The maximum atomic E-state index is 14.5. The molecule has 0 spiro atoms. The number of benzene rings is 2. The Morgan fingerprint density at radius 1 is 1.25 bits per heavy atom. The molecule has 0 aromatic heterocycles. The molecule has 1 aliphatic rings. The van der Waals surface area contributed by atoms with Crippen molar-refractivity contribution in [2.24, 2.45) is 0 Å². The number of amides is 1. The third-order valence-electron chi connectivity index (χ3n) is 4.39. The van der Waals surface area contributed by atoms with Gasteiger partial charge in [-0.25, -0.2) is 18.7 Å². The summed E-state index contributed by atoms with van der Waals surface area (Å²) < 4.78 is 43.0. The van der Waals surface area contributed by atoms with Gasteiger partial charge >= 0.3 is 0 Å². The van der Waals surface area contributed by atoms with Crippen LogP contribution in [0, 0.1) is 21.0 Å². The Labute approximate surface area is 180 Å². The zero-order valence-electron chi connectivity index (χ0n) is 14.3. The molecule has 10 heteroatoms. The minimum Gasteiger partial charge on any atom is -0.387 e. The SMILES string of the molecule is O=C(NOCC1(O)CCC1)c1cc(Br)c(F)c(F)c1Nc1ccc(I)cc1F. The topological polar surface area (TPSA) is 70.6 Å². The molecule has 1 amide bonds. The van der Waals surface area contributed by atoms with Crippen molar-refractivity contribution < 1.29 is 27.9 Å². The smallest absolute Gasteiger partial charge is 0.277 e. The van der Waals surface area contributed by atoms with Crippen molar-refractivity contribution in [2.75, 3.05) is 11.9 Å². The Morgan fingerprint density at radius 2 is 1.96 bits per heavy atom. The molecular weight excluding hydrogens is 556 g/mol. The zero-order valence-corrected chi connectivity index (χ0v) is 18.0. The fraction of sp³-hybridized carbons (Fsp3) is 0.278. The molecule has 3 N–H and O–H groups in total. The normalized spacial score (nSPS) is 15.1. The molecule has 0 unspecified atom stereocenters. The van der Waals surface area contributed by atoms with E-state index in [1.807, 2.05) is 22.6 Å². The molecule has 1 fully saturated rings. The van der Waals surface area contributed by atoms with Gasteiger partial charge in [-0.1, -0.05) is 0 Å². The number of nitrogens with one attached hydrogen (secondary N) is 2. The second-order valence-corrected chi connectivity index (χ2v) is 8.56. The minimum atomic E-state index is -1.35. The molecule has 3 rings (SSSR count). The number of anilines is 2. The first-order valence-electron chi connectivity index (χ1n) is 8.24. The third kappa shape index (κ3) is 4.61. The molecular formula is C18H15BrF3IN2O3. The highest BCUT2D eigenvalue weighted by Gasteiger charge is 2.35. The van der Waals surface area contributed by atoms with E-state index in [9.17, 15) is 23.1 Å². The molecule has 28 heavy (non-hydrogen) atoms. The van der Waals surface area contributed by atoms with E-state index >= 15 is 0 Å². The van der Waals surface area contributed by atoms with Crippen LogP contribution in [0.2, 0.25) is 0 Å². The lowest BCUT2D eigenvalue weighted by atomic mass is 9.81. The van der Waals surface area contributed by atoms with Crippen LogP contribution in [0.25, 0.3) is 0 Å². The average molecular weight is 571 g/mol. The van der Waals surface area contributed by atoms with Crippen LogP contribution in [-0.4, -0.2) is 23.2 Å². The van der Waals surface area contributed by atoms with Gasteiger partial charge in [0.15, 0.2) is 11.6 Å². The molecule has 0 bridgehead atoms. The Balaban J connectivity index is 1.85. The van der Waals surface area contributed by atoms with Crippen molar-refractivity contribution in [3.8, 4) is 0 Å². The molecule has 0 heterocycles. The summed E-state index contributed by atoms with van der Waals surface area (Å²) in [6.07, 6.45) is 1.97. The third-order valence-corrected chi connectivity index (χ3v) is 5.64. The first-order chi connectivity index (χ1) is 13.2. The van der Waals surface area contributed by atoms with Crippen molar-refractivity contribution in [2.45, 2.75) is 24.9 Å². The van der Waals surface area contributed by atoms with Crippen LogP contribution in [0.4, 0.5) is 24.5 Å². The molecule has 1 aliphatic carbocycles. The van der Waals surface area contributed by atoms with Crippen molar-refractivity contribution in [3.63, 3.8) is 0 Å². The van der Waals surface area contributed by atoms with Gasteiger partial charge in [0.05, 0.1) is 27.0 Å². The predicted molar refractivity (Wildman–Crippen MR) is 109 cm³/mol. The Hall–Kier alpha value is -1.37. The Bertz CT molecular complexity index is 925. The summed E-state index contributed by atoms with van der Waals surface area (Å²) in [6.45, 7) is -0.127. The number of hydroxylamine groups is 1. The lowest BCUT2D eigenvalue weighted by Crippen LogP contribution is -2.44. The van der Waals surface area contributed by atoms with Gasteiger partial charge in [0, 0.05) is 3.57 Å². The van der Waals surface area contributed by atoms with Crippen molar-refractivity contribution in [1.29, 1.82) is 0 Å². The summed E-state index contributed by atoms with van der Waals surface area (Å²) >= 11 is 4.76. The lowest BCUT2D eigenvalue weighted by Gasteiger charge is -2.35. The van der Waals surface area contributed by atoms with Gasteiger partial charge in [0.2, 0.25) is 0 Å². The summed E-state index contributed by atoms with van der Waals surface area (Å²) in [5.74, 6) is -4.15. The first-order valence-corrected chi connectivity index (χ1v) is 10.1.